The Labute approximate surface area is 96.7 Å². The van der Waals surface area contributed by atoms with Crippen LogP contribution in [-0.4, -0.2) is 25.0 Å². The normalized spacial score (nSPS) is 26.2. The Morgan fingerprint density at radius 1 is 1.44 bits per heavy atom. The SMILES string of the molecule is CCC(C)C(=O)[C@@H]1CC[C@H](NC(=O)OC)C1. The monoisotopic (exact) mass is 227 g/mol. The van der Waals surface area contributed by atoms with Gasteiger partial charge in [0.15, 0.2) is 0 Å². The van der Waals surface area contributed by atoms with Crippen molar-refractivity contribution in [2.24, 2.45) is 11.8 Å². The minimum absolute atomic E-state index is 0.102. The first-order valence-corrected chi connectivity index (χ1v) is 5.96. The number of nitrogens with one attached hydrogen (secondary N) is 1. The maximum Gasteiger partial charge on any atom is 0.407 e. The highest BCUT2D eigenvalue weighted by molar-refractivity contribution is 5.83. The first-order chi connectivity index (χ1) is 7.58. The average Bonchev–Trinajstić information content (AvgIpc) is 2.75. The van der Waals surface area contributed by atoms with Crippen LogP contribution in [0.4, 0.5) is 4.79 Å². The lowest BCUT2D eigenvalue weighted by molar-refractivity contribution is -0.126. The molecular formula is C12H21NO3. The highest BCUT2D eigenvalue weighted by Gasteiger charge is 2.32. The van der Waals surface area contributed by atoms with Crippen LogP contribution in [0.2, 0.25) is 0 Å². The summed E-state index contributed by atoms with van der Waals surface area (Å²) in [5.74, 6) is 0.607. The van der Waals surface area contributed by atoms with Gasteiger partial charge < -0.3 is 10.1 Å². The van der Waals surface area contributed by atoms with Crippen molar-refractivity contribution in [3.63, 3.8) is 0 Å². The zero-order valence-corrected chi connectivity index (χ0v) is 10.3. The largest absolute Gasteiger partial charge is 0.453 e. The van der Waals surface area contributed by atoms with Crippen LogP contribution >= 0.6 is 0 Å². The smallest absolute Gasteiger partial charge is 0.407 e. The molecule has 16 heavy (non-hydrogen) atoms. The molecule has 1 aliphatic rings. The second-order valence-corrected chi connectivity index (χ2v) is 4.55. The summed E-state index contributed by atoms with van der Waals surface area (Å²) in [4.78, 5) is 22.9. The van der Waals surface area contributed by atoms with Crippen LogP contribution in [0.5, 0.6) is 0 Å². The van der Waals surface area contributed by atoms with Crippen molar-refractivity contribution < 1.29 is 14.3 Å². The number of ether oxygens (including phenoxy) is 1. The van der Waals surface area contributed by atoms with Crippen molar-refractivity contribution in [2.45, 2.75) is 45.6 Å². The number of hydrogen-bond acceptors (Lipinski definition) is 3. The fourth-order valence-corrected chi connectivity index (χ4v) is 2.20. The number of amides is 1. The lowest BCUT2D eigenvalue weighted by Gasteiger charge is -2.14. The molecule has 0 spiro atoms. The molecule has 1 N–H and O–H groups in total. The predicted molar refractivity (Wildman–Crippen MR) is 61.1 cm³/mol. The van der Waals surface area contributed by atoms with Gasteiger partial charge in [0.05, 0.1) is 7.11 Å². The number of methoxy groups -OCH3 is 1. The van der Waals surface area contributed by atoms with Crippen molar-refractivity contribution >= 4 is 11.9 Å². The Bertz CT molecular complexity index is 265. The van der Waals surface area contributed by atoms with Crippen molar-refractivity contribution in [1.82, 2.24) is 5.32 Å². The van der Waals surface area contributed by atoms with Crippen molar-refractivity contribution in [3.8, 4) is 0 Å². The third kappa shape index (κ3) is 3.22. The number of hydrogen-bond donors (Lipinski definition) is 1. The minimum Gasteiger partial charge on any atom is -0.453 e. The zero-order valence-electron chi connectivity index (χ0n) is 10.3. The van der Waals surface area contributed by atoms with E-state index in [1.807, 2.05) is 13.8 Å². The minimum atomic E-state index is -0.401. The number of alkyl carbamates (subject to hydrolysis) is 1. The lowest BCUT2D eigenvalue weighted by atomic mass is 9.91. The molecule has 0 aliphatic heterocycles. The van der Waals surface area contributed by atoms with Crippen LogP contribution < -0.4 is 5.32 Å². The van der Waals surface area contributed by atoms with Crippen LogP contribution in [0.1, 0.15) is 39.5 Å². The van der Waals surface area contributed by atoms with Crippen LogP contribution in [0.15, 0.2) is 0 Å². The maximum atomic E-state index is 11.9. The molecule has 0 bridgehead atoms. The molecule has 92 valence electrons. The lowest BCUT2D eigenvalue weighted by Crippen LogP contribution is -2.33. The van der Waals surface area contributed by atoms with Crippen LogP contribution in [0, 0.1) is 11.8 Å². The molecule has 1 fully saturated rings. The van der Waals surface area contributed by atoms with Gasteiger partial charge in [0.1, 0.15) is 5.78 Å². The van der Waals surface area contributed by atoms with Gasteiger partial charge in [-0.3, -0.25) is 4.79 Å². The van der Waals surface area contributed by atoms with Crippen molar-refractivity contribution in [1.29, 1.82) is 0 Å². The first kappa shape index (κ1) is 13.0. The average molecular weight is 227 g/mol. The molecule has 3 atom stereocenters. The summed E-state index contributed by atoms with van der Waals surface area (Å²) in [6, 6.07) is 0.102. The molecule has 0 aromatic rings. The van der Waals surface area contributed by atoms with Crippen LogP contribution in [0.25, 0.3) is 0 Å². The van der Waals surface area contributed by atoms with Gasteiger partial charge in [0, 0.05) is 17.9 Å². The standard InChI is InChI=1S/C12H21NO3/c1-4-8(2)11(14)9-5-6-10(7-9)13-12(15)16-3/h8-10H,4-7H2,1-3H3,(H,13,15)/t8?,9-,10+/m1/s1. The van der Waals surface area contributed by atoms with Crippen LogP contribution in [0.3, 0.4) is 0 Å². The molecule has 1 rings (SSSR count). The number of carbonyl (C=O) groups is 2. The first-order valence-electron chi connectivity index (χ1n) is 5.96. The molecular weight excluding hydrogens is 206 g/mol. The number of rotatable bonds is 4. The van der Waals surface area contributed by atoms with E-state index in [0.29, 0.717) is 5.78 Å². The fourth-order valence-electron chi connectivity index (χ4n) is 2.20. The molecule has 1 amide bonds. The number of carbonyl (C=O) groups excluding carboxylic acids is 2. The van der Waals surface area contributed by atoms with Gasteiger partial charge >= 0.3 is 6.09 Å². The van der Waals surface area contributed by atoms with Crippen molar-refractivity contribution in [2.75, 3.05) is 7.11 Å². The molecule has 0 aromatic heterocycles. The van der Waals surface area contributed by atoms with E-state index in [4.69, 9.17) is 0 Å². The van der Waals surface area contributed by atoms with E-state index in [9.17, 15) is 9.59 Å². The summed E-state index contributed by atoms with van der Waals surface area (Å²) in [6.45, 7) is 4.01. The molecule has 0 saturated heterocycles. The van der Waals surface area contributed by atoms with E-state index < -0.39 is 6.09 Å². The predicted octanol–water partition coefficient (Wildman–Crippen LogP) is 2.13. The molecule has 4 nitrogen and oxygen atoms in total. The summed E-state index contributed by atoms with van der Waals surface area (Å²) < 4.78 is 4.54. The molecule has 0 radical (unpaired) electrons. The fraction of sp³-hybridized carbons (Fsp3) is 0.833. The molecule has 0 heterocycles. The Morgan fingerprint density at radius 2 is 2.12 bits per heavy atom. The summed E-state index contributed by atoms with van der Waals surface area (Å²) in [5, 5.41) is 2.76. The summed E-state index contributed by atoms with van der Waals surface area (Å²) in [5.41, 5.74) is 0. The van der Waals surface area contributed by atoms with E-state index in [1.165, 1.54) is 7.11 Å². The third-order valence-corrected chi connectivity index (χ3v) is 3.44. The van der Waals surface area contributed by atoms with Crippen molar-refractivity contribution in [3.05, 3.63) is 0 Å². The zero-order chi connectivity index (χ0) is 12.1. The number of Topliss-reactive ketones (excluding diaryl/α,β-unsaturated/α-hetero) is 1. The second-order valence-electron chi connectivity index (χ2n) is 4.55. The Hall–Kier alpha value is -1.06. The van der Waals surface area contributed by atoms with E-state index in [1.54, 1.807) is 0 Å². The van der Waals surface area contributed by atoms with Gasteiger partial charge in [-0.05, 0) is 25.7 Å². The third-order valence-electron chi connectivity index (χ3n) is 3.44. The highest BCUT2D eigenvalue weighted by Crippen LogP contribution is 2.29. The maximum absolute atomic E-state index is 11.9. The Morgan fingerprint density at radius 3 is 2.69 bits per heavy atom. The molecule has 1 unspecified atom stereocenters. The molecule has 4 heteroatoms. The molecule has 1 aliphatic carbocycles. The van der Waals surface area contributed by atoms with E-state index >= 15 is 0 Å². The second kappa shape index (κ2) is 5.87. The molecule has 0 aromatic carbocycles. The Kier molecular flexibility index (Phi) is 4.77. The van der Waals surface area contributed by atoms with Crippen LogP contribution in [-0.2, 0) is 9.53 Å². The topological polar surface area (TPSA) is 55.4 Å². The van der Waals surface area contributed by atoms with Gasteiger partial charge in [0.2, 0.25) is 0 Å². The Balaban J connectivity index is 2.40. The number of ketones is 1. The van der Waals surface area contributed by atoms with Gasteiger partial charge in [-0.2, -0.15) is 0 Å². The summed E-state index contributed by atoms with van der Waals surface area (Å²) in [7, 11) is 1.35. The highest BCUT2D eigenvalue weighted by atomic mass is 16.5. The van der Waals surface area contributed by atoms with E-state index in [2.05, 4.69) is 10.1 Å². The van der Waals surface area contributed by atoms with Gasteiger partial charge in [-0.25, -0.2) is 4.79 Å². The van der Waals surface area contributed by atoms with E-state index in [0.717, 1.165) is 25.7 Å². The van der Waals surface area contributed by atoms with Gasteiger partial charge in [-0.15, -0.1) is 0 Å². The summed E-state index contributed by atoms with van der Waals surface area (Å²) in [6.07, 6.45) is 3.02. The summed E-state index contributed by atoms with van der Waals surface area (Å²) >= 11 is 0. The quantitative estimate of drug-likeness (QED) is 0.800. The van der Waals surface area contributed by atoms with Gasteiger partial charge in [0.25, 0.3) is 0 Å². The molecule has 1 saturated carbocycles. The van der Waals surface area contributed by atoms with Gasteiger partial charge in [-0.1, -0.05) is 13.8 Å². The van der Waals surface area contributed by atoms with E-state index in [-0.39, 0.29) is 17.9 Å².